The maximum absolute atomic E-state index is 5.33. The minimum absolute atomic E-state index is 0.666. The molecule has 0 aromatic carbocycles. The van der Waals surface area contributed by atoms with Crippen molar-refractivity contribution in [3.05, 3.63) is 24.0 Å². The second kappa shape index (κ2) is 9.44. The first-order valence-corrected chi connectivity index (χ1v) is 5.57. The Labute approximate surface area is 92.7 Å². The largest absolute Gasteiger partial charge is 0.495 e. The number of hydrogen-bond donors (Lipinski definition) is 0. The van der Waals surface area contributed by atoms with E-state index in [1.165, 1.54) is 0 Å². The highest BCUT2D eigenvalue weighted by molar-refractivity contribution is 4.91. The van der Waals surface area contributed by atoms with E-state index in [4.69, 9.17) is 14.2 Å². The van der Waals surface area contributed by atoms with Gasteiger partial charge >= 0.3 is 0 Å². The highest BCUT2D eigenvalue weighted by Crippen LogP contribution is 2.06. The molecule has 0 rings (SSSR count). The Hall–Kier alpha value is -1.12. The quantitative estimate of drug-likeness (QED) is 0.578. The topological polar surface area (TPSA) is 27.7 Å². The summed E-state index contributed by atoms with van der Waals surface area (Å²) in [4.78, 5) is 0. The van der Waals surface area contributed by atoms with Crippen LogP contribution in [0, 0.1) is 0 Å². The van der Waals surface area contributed by atoms with Crippen LogP contribution in [-0.2, 0) is 14.2 Å². The molecule has 0 spiro atoms. The van der Waals surface area contributed by atoms with Gasteiger partial charge in [0.25, 0.3) is 0 Å². The maximum Gasteiger partial charge on any atom is 0.131 e. The van der Waals surface area contributed by atoms with Crippen molar-refractivity contribution in [2.75, 3.05) is 13.2 Å². The Bertz CT molecular complexity index is 185. The van der Waals surface area contributed by atoms with E-state index in [0.29, 0.717) is 13.2 Å². The van der Waals surface area contributed by atoms with Crippen molar-refractivity contribution in [2.24, 2.45) is 0 Å². The van der Waals surface area contributed by atoms with Crippen LogP contribution >= 0.6 is 0 Å². The van der Waals surface area contributed by atoms with E-state index < -0.39 is 0 Å². The SMILES string of the molecule is CCOC(=COC=C(CC)OCC)CC. The average Bonchev–Trinajstić information content (AvgIpc) is 2.26. The van der Waals surface area contributed by atoms with E-state index in [-0.39, 0.29) is 0 Å². The van der Waals surface area contributed by atoms with Crippen LogP contribution in [0.3, 0.4) is 0 Å². The van der Waals surface area contributed by atoms with E-state index in [0.717, 1.165) is 24.4 Å². The van der Waals surface area contributed by atoms with Gasteiger partial charge in [0.15, 0.2) is 0 Å². The van der Waals surface area contributed by atoms with Gasteiger partial charge in [0.2, 0.25) is 0 Å². The van der Waals surface area contributed by atoms with Crippen LogP contribution < -0.4 is 0 Å². The lowest BCUT2D eigenvalue weighted by Crippen LogP contribution is -1.92. The lowest BCUT2D eigenvalue weighted by molar-refractivity contribution is 0.189. The first kappa shape index (κ1) is 13.9. The van der Waals surface area contributed by atoms with Crippen molar-refractivity contribution in [3.63, 3.8) is 0 Å². The minimum atomic E-state index is 0.666. The first-order chi connectivity index (χ1) is 7.28. The summed E-state index contributed by atoms with van der Waals surface area (Å²) in [6.07, 6.45) is 4.91. The van der Waals surface area contributed by atoms with Crippen LogP contribution in [0.2, 0.25) is 0 Å². The summed E-state index contributed by atoms with van der Waals surface area (Å²) in [6, 6.07) is 0. The van der Waals surface area contributed by atoms with Gasteiger partial charge in [-0.15, -0.1) is 0 Å². The van der Waals surface area contributed by atoms with Gasteiger partial charge in [0.05, 0.1) is 13.2 Å². The molecule has 0 saturated heterocycles. The zero-order chi connectivity index (χ0) is 11.5. The molecule has 88 valence electrons. The highest BCUT2D eigenvalue weighted by atomic mass is 16.5. The van der Waals surface area contributed by atoms with E-state index in [9.17, 15) is 0 Å². The van der Waals surface area contributed by atoms with Gasteiger partial charge in [-0.05, 0) is 13.8 Å². The summed E-state index contributed by atoms with van der Waals surface area (Å²) in [6.45, 7) is 9.29. The van der Waals surface area contributed by atoms with Gasteiger partial charge in [0.1, 0.15) is 24.0 Å². The van der Waals surface area contributed by atoms with Crippen LogP contribution in [0.15, 0.2) is 24.0 Å². The normalized spacial score (nSPS) is 12.5. The van der Waals surface area contributed by atoms with Gasteiger partial charge in [-0.2, -0.15) is 0 Å². The second-order valence-electron chi connectivity index (χ2n) is 2.88. The third-order valence-electron chi connectivity index (χ3n) is 1.76. The molecule has 0 aliphatic heterocycles. The molecule has 0 N–H and O–H groups in total. The molecule has 0 fully saturated rings. The Morgan fingerprint density at radius 3 is 1.47 bits per heavy atom. The summed E-state index contributed by atoms with van der Waals surface area (Å²) < 4.78 is 15.9. The molecule has 0 atom stereocenters. The van der Waals surface area contributed by atoms with Crippen molar-refractivity contribution >= 4 is 0 Å². The third kappa shape index (κ3) is 6.89. The average molecular weight is 214 g/mol. The van der Waals surface area contributed by atoms with Crippen LogP contribution in [0.25, 0.3) is 0 Å². The fourth-order valence-corrected chi connectivity index (χ4v) is 0.995. The van der Waals surface area contributed by atoms with E-state index >= 15 is 0 Å². The molecule has 3 nitrogen and oxygen atoms in total. The zero-order valence-corrected chi connectivity index (χ0v) is 10.2. The second-order valence-corrected chi connectivity index (χ2v) is 2.88. The smallest absolute Gasteiger partial charge is 0.131 e. The molecule has 0 bridgehead atoms. The molecular formula is C12H22O3. The molecule has 0 heterocycles. The fourth-order valence-electron chi connectivity index (χ4n) is 0.995. The molecule has 0 amide bonds. The van der Waals surface area contributed by atoms with Gasteiger partial charge in [-0.3, -0.25) is 0 Å². The molecule has 0 unspecified atom stereocenters. The van der Waals surface area contributed by atoms with Gasteiger partial charge in [0, 0.05) is 12.8 Å². The highest BCUT2D eigenvalue weighted by Gasteiger charge is 1.95. The molecule has 0 aliphatic rings. The van der Waals surface area contributed by atoms with Crippen molar-refractivity contribution in [1.82, 2.24) is 0 Å². The number of rotatable bonds is 8. The molecule has 0 aromatic rings. The third-order valence-corrected chi connectivity index (χ3v) is 1.76. The standard InChI is InChI=1S/C12H22O3/c1-5-11(14-7-3)9-13-10-12(6-2)15-8-4/h9-10H,5-8H2,1-4H3. The first-order valence-electron chi connectivity index (χ1n) is 5.57. The zero-order valence-electron chi connectivity index (χ0n) is 10.2. The maximum atomic E-state index is 5.33. The number of allylic oxidation sites excluding steroid dienone is 2. The van der Waals surface area contributed by atoms with E-state index in [2.05, 4.69) is 0 Å². The Balaban J connectivity index is 4.09. The molecule has 0 saturated carbocycles. The Morgan fingerprint density at radius 1 is 0.800 bits per heavy atom. The lowest BCUT2D eigenvalue weighted by atomic mass is 10.4. The summed E-state index contributed by atoms with van der Waals surface area (Å²) >= 11 is 0. The lowest BCUT2D eigenvalue weighted by Gasteiger charge is -2.07. The molecule has 15 heavy (non-hydrogen) atoms. The van der Waals surface area contributed by atoms with Crippen LogP contribution in [-0.4, -0.2) is 13.2 Å². The summed E-state index contributed by atoms with van der Waals surface area (Å²) in [5.41, 5.74) is 0. The van der Waals surface area contributed by atoms with Crippen LogP contribution in [0.4, 0.5) is 0 Å². The number of ether oxygens (including phenoxy) is 3. The van der Waals surface area contributed by atoms with Gasteiger partial charge in [-0.1, -0.05) is 13.8 Å². The molecule has 0 radical (unpaired) electrons. The van der Waals surface area contributed by atoms with Gasteiger partial charge in [-0.25, -0.2) is 0 Å². The fraction of sp³-hybridized carbons (Fsp3) is 0.667. The predicted molar refractivity (Wildman–Crippen MR) is 61.1 cm³/mol. The van der Waals surface area contributed by atoms with E-state index in [1.54, 1.807) is 12.5 Å². The van der Waals surface area contributed by atoms with Crippen LogP contribution in [0.5, 0.6) is 0 Å². The van der Waals surface area contributed by atoms with Crippen molar-refractivity contribution in [2.45, 2.75) is 40.5 Å². The predicted octanol–water partition coefficient (Wildman–Crippen LogP) is 3.58. The minimum Gasteiger partial charge on any atom is -0.495 e. The molecule has 0 aromatic heterocycles. The van der Waals surface area contributed by atoms with Crippen molar-refractivity contribution in [1.29, 1.82) is 0 Å². The van der Waals surface area contributed by atoms with Crippen LogP contribution in [0.1, 0.15) is 40.5 Å². The molecule has 0 aliphatic carbocycles. The Morgan fingerprint density at radius 2 is 1.20 bits per heavy atom. The van der Waals surface area contributed by atoms with E-state index in [1.807, 2.05) is 27.7 Å². The summed E-state index contributed by atoms with van der Waals surface area (Å²) in [5.74, 6) is 1.70. The number of hydrogen-bond acceptors (Lipinski definition) is 3. The summed E-state index contributed by atoms with van der Waals surface area (Å²) in [7, 11) is 0. The Kier molecular flexibility index (Phi) is 8.73. The molecular weight excluding hydrogens is 192 g/mol. The van der Waals surface area contributed by atoms with Gasteiger partial charge < -0.3 is 14.2 Å². The van der Waals surface area contributed by atoms with Crippen molar-refractivity contribution < 1.29 is 14.2 Å². The summed E-state index contributed by atoms with van der Waals surface area (Å²) in [5, 5.41) is 0. The monoisotopic (exact) mass is 214 g/mol. The van der Waals surface area contributed by atoms with Crippen molar-refractivity contribution in [3.8, 4) is 0 Å². The molecule has 3 heteroatoms.